The Morgan fingerprint density at radius 1 is 1.62 bits per heavy atom. The molecule has 0 aliphatic carbocycles. The Morgan fingerprint density at radius 3 is 2.62 bits per heavy atom. The molecule has 0 aliphatic rings. The van der Waals surface area contributed by atoms with Crippen molar-refractivity contribution < 1.29 is 0 Å². The molecule has 0 nitrogen and oxygen atoms in total. The van der Waals surface area contributed by atoms with E-state index in [-0.39, 0.29) is 0 Å². The first kappa shape index (κ1) is 8.43. The lowest BCUT2D eigenvalue weighted by molar-refractivity contribution is 1.02. The molecule has 0 aromatic carbocycles. The summed E-state index contributed by atoms with van der Waals surface area (Å²) in [6.45, 7) is 4.68. The van der Waals surface area contributed by atoms with E-state index >= 15 is 0 Å². The van der Waals surface area contributed by atoms with Crippen LogP contribution in [-0.4, -0.2) is 19.8 Å². The molecule has 1 atom stereocenters. The lowest BCUT2D eigenvalue weighted by Gasteiger charge is -1.99. The van der Waals surface area contributed by atoms with Crippen LogP contribution in [-0.2, 0) is 0 Å². The normalized spacial score (nSPS) is 15.8. The van der Waals surface area contributed by atoms with Crippen molar-refractivity contribution >= 4 is 19.8 Å². The summed E-state index contributed by atoms with van der Waals surface area (Å²) in [5, 5.41) is 0. The molecule has 0 spiro atoms. The van der Waals surface area contributed by atoms with Gasteiger partial charge in [-0.05, 0) is 0 Å². The van der Waals surface area contributed by atoms with E-state index in [4.69, 9.17) is 0 Å². The Kier molecular flexibility index (Phi) is 5.87. The van der Waals surface area contributed by atoms with Crippen molar-refractivity contribution in [3.05, 3.63) is 0 Å². The van der Waals surface area contributed by atoms with Gasteiger partial charge in [0.25, 0.3) is 0 Å². The molecule has 0 amide bonds. The molecule has 0 rings (SSSR count). The molecule has 1 unspecified atom stereocenters. The van der Waals surface area contributed by atoms with Crippen molar-refractivity contribution in [3.8, 4) is 0 Å². The van der Waals surface area contributed by atoms with E-state index < -0.39 is 0 Å². The van der Waals surface area contributed by atoms with Crippen molar-refractivity contribution in [2.45, 2.75) is 37.9 Å². The van der Waals surface area contributed by atoms with Crippen molar-refractivity contribution in [3.63, 3.8) is 0 Å². The third-order valence-corrected chi connectivity index (χ3v) is 5.89. The molecule has 0 aromatic heterocycles. The summed E-state index contributed by atoms with van der Waals surface area (Å²) < 4.78 is 0. The van der Waals surface area contributed by atoms with Crippen LogP contribution < -0.4 is 0 Å². The average molecular weight is 146 g/mol. The molecule has 2 heteroatoms. The lowest BCUT2D eigenvalue weighted by Crippen LogP contribution is -1.92. The molecule has 0 aliphatic heterocycles. The molecule has 0 aromatic rings. The van der Waals surface area contributed by atoms with Crippen LogP contribution in [0.2, 0.25) is 17.6 Å². The van der Waals surface area contributed by atoms with Crippen LogP contribution in [0.3, 0.4) is 0 Å². The van der Waals surface area contributed by atoms with Crippen LogP contribution in [0.15, 0.2) is 0 Å². The highest BCUT2D eigenvalue weighted by Gasteiger charge is 1.91. The van der Waals surface area contributed by atoms with Crippen LogP contribution in [0, 0.1) is 0 Å². The van der Waals surface area contributed by atoms with Gasteiger partial charge in [0.15, 0.2) is 0 Å². The zero-order valence-corrected chi connectivity index (χ0v) is 9.82. The predicted molar refractivity (Wildman–Crippen MR) is 47.8 cm³/mol. The van der Waals surface area contributed by atoms with Gasteiger partial charge in [0, 0.05) is 19.8 Å². The highest BCUT2D eigenvalue weighted by molar-refractivity contribution is 6.37. The molecule has 50 valence electrons. The van der Waals surface area contributed by atoms with Gasteiger partial charge in [0.05, 0.1) is 0 Å². The monoisotopic (exact) mass is 146 g/mol. The van der Waals surface area contributed by atoms with Crippen molar-refractivity contribution in [1.82, 2.24) is 0 Å². The number of rotatable bonds is 4. The number of hydrogen-bond donors (Lipinski definition) is 0. The zero-order valence-electron chi connectivity index (χ0n) is 6.41. The lowest BCUT2D eigenvalue weighted by atomic mass is 10.5. The van der Waals surface area contributed by atoms with Crippen molar-refractivity contribution in [1.29, 1.82) is 0 Å². The van der Waals surface area contributed by atoms with E-state index in [1.54, 1.807) is 12.1 Å². The maximum atomic E-state index is 2.38. The third-order valence-electron chi connectivity index (χ3n) is 1.39. The molecule has 0 saturated carbocycles. The highest BCUT2D eigenvalue weighted by atomic mass is 28.2. The second kappa shape index (κ2) is 5.57. The van der Waals surface area contributed by atoms with Crippen LogP contribution in [0.4, 0.5) is 0 Å². The summed E-state index contributed by atoms with van der Waals surface area (Å²) in [6.07, 6.45) is 1.43. The predicted octanol–water partition coefficient (Wildman–Crippen LogP) is 0.576. The first-order valence-corrected chi connectivity index (χ1v) is 6.92. The summed E-state index contributed by atoms with van der Waals surface area (Å²) in [5.74, 6) is 0. The highest BCUT2D eigenvalue weighted by Crippen LogP contribution is 2.04. The minimum Gasteiger partial charge on any atom is -0.0660 e. The average Bonchev–Trinajstić information content (AvgIpc) is 1.66. The first-order valence-electron chi connectivity index (χ1n) is 3.77. The van der Waals surface area contributed by atoms with Gasteiger partial charge in [0.1, 0.15) is 0 Å². The molecule has 0 radical (unpaired) electrons. The summed E-state index contributed by atoms with van der Waals surface area (Å²) >= 11 is 0. The van der Waals surface area contributed by atoms with E-state index in [9.17, 15) is 0 Å². The topological polar surface area (TPSA) is 0 Å². The molecule has 0 bridgehead atoms. The Hall–Kier alpha value is 0.434. The largest absolute Gasteiger partial charge is 0.0660 e. The number of hydrogen-bond acceptors (Lipinski definition) is 0. The zero-order chi connectivity index (χ0) is 6.41. The van der Waals surface area contributed by atoms with E-state index in [1.807, 2.05) is 0 Å². The van der Waals surface area contributed by atoms with Crippen molar-refractivity contribution in [2.75, 3.05) is 0 Å². The van der Waals surface area contributed by atoms with Gasteiger partial charge >= 0.3 is 0 Å². The van der Waals surface area contributed by atoms with Gasteiger partial charge in [0.2, 0.25) is 0 Å². The van der Waals surface area contributed by atoms with Gasteiger partial charge in [-0.1, -0.05) is 37.9 Å². The molecule has 8 heavy (non-hydrogen) atoms. The SMILES string of the molecule is CCC[SiH2]CC(C)[SiH3]. The van der Waals surface area contributed by atoms with Crippen LogP contribution >= 0.6 is 0 Å². The van der Waals surface area contributed by atoms with Crippen LogP contribution in [0.5, 0.6) is 0 Å². The van der Waals surface area contributed by atoms with Gasteiger partial charge < -0.3 is 0 Å². The molecule has 0 heterocycles. The van der Waals surface area contributed by atoms with Crippen LogP contribution in [0.25, 0.3) is 0 Å². The molecule has 0 N–H and O–H groups in total. The smallest absolute Gasteiger partial charge is 0.0197 e. The maximum absolute atomic E-state index is 2.38. The van der Waals surface area contributed by atoms with Gasteiger partial charge in [-0.15, -0.1) is 0 Å². The van der Waals surface area contributed by atoms with E-state index in [1.165, 1.54) is 16.7 Å². The fourth-order valence-corrected chi connectivity index (χ4v) is 3.63. The Balaban J connectivity index is 2.72. The second-order valence-corrected chi connectivity index (χ2v) is 6.85. The fourth-order valence-electron chi connectivity index (χ4n) is 0.803. The standard InChI is InChI=1S/C6H18Si2/c1-3-4-8-5-6(2)7/h6H,3-5,8H2,1-2,7H3. The summed E-state index contributed by atoms with van der Waals surface area (Å²) in [6, 6.07) is 3.19. The summed E-state index contributed by atoms with van der Waals surface area (Å²) in [4.78, 5) is 0. The first-order chi connectivity index (χ1) is 3.77. The van der Waals surface area contributed by atoms with E-state index in [2.05, 4.69) is 13.8 Å². The molecular weight excluding hydrogens is 128 g/mol. The minimum absolute atomic E-state index is 0.399. The molecule has 0 fully saturated rings. The Morgan fingerprint density at radius 2 is 2.25 bits per heavy atom. The maximum Gasteiger partial charge on any atom is 0.0197 e. The van der Waals surface area contributed by atoms with Crippen molar-refractivity contribution in [2.24, 2.45) is 0 Å². The Labute approximate surface area is 58.3 Å². The third kappa shape index (κ3) is 6.43. The molecule has 0 saturated heterocycles. The minimum atomic E-state index is 0.399. The summed E-state index contributed by atoms with van der Waals surface area (Å²) in [5.41, 5.74) is 1.10. The van der Waals surface area contributed by atoms with Gasteiger partial charge in [-0.25, -0.2) is 0 Å². The van der Waals surface area contributed by atoms with E-state index in [0.29, 0.717) is 9.52 Å². The van der Waals surface area contributed by atoms with Gasteiger partial charge in [-0.3, -0.25) is 0 Å². The fraction of sp³-hybridized carbons (Fsp3) is 1.00. The summed E-state index contributed by atoms with van der Waals surface area (Å²) in [7, 11) is 1.82. The Bertz CT molecular complexity index is 43.8. The van der Waals surface area contributed by atoms with Crippen LogP contribution in [0.1, 0.15) is 20.3 Å². The molecular formula is C6H18Si2. The second-order valence-electron chi connectivity index (χ2n) is 2.89. The van der Waals surface area contributed by atoms with E-state index in [0.717, 1.165) is 5.54 Å². The quantitative estimate of drug-likeness (QED) is 0.402. The van der Waals surface area contributed by atoms with Gasteiger partial charge in [-0.2, -0.15) is 0 Å².